The zero-order valence-electron chi connectivity index (χ0n) is 6.16. The van der Waals surface area contributed by atoms with Gasteiger partial charge in [0.25, 0.3) is 0 Å². The molecule has 1 amide bonds. The highest BCUT2D eigenvalue weighted by Crippen LogP contribution is 1.90. The summed E-state index contributed by atoms with van der Waals surface area (Å²) in [6.07, 6.45) is 0.984. The lowest BCUT2D eigenvalue weighted by Gasteiger charge is -1.95. The van der Waals surface area contributed by atoms with Crippen LogP contribution >= 0.6 is 0 Å². The Balaban J connectivity index is 3.92. The summed E-state index contributed by atoms with van der Waals surface area (Å²) in [6.45, 7) is 1.22. The molecule has 0 radical (unpaired) electrons. The van der Waals surface area contributed by atoms with E-state index in [0.717, 1.165) is 6.26 Å². The highest BCUT2D eigenvalue weighted by atomic mass is 16.5. The summed E-state index contributed by atoms with van der Waals surface area (Å²) in [5.74, 6) is -1.24. The van der Waals surface area contributed by atoms with E-state index in [4.69, 9.17) is 11.5 Å². The lowest BCUT2D eigenvalue weighted by atomic mass is 10.3. The Bertz CT molecular complexity index is 198. The Hall–Kier alpha value is -1.36. The van der Waals surface area contributed by atoms with Gasteiger partial charge in [-0.2, -0.15) is 0 Å². The van der Waals surface area contributed by atoms with E-state index in [1.165, 1.54) is 6.92 Å². The molecule has 0 aliphatic rings. The van der Waals surface area contributed by atoms with Crippen LogP contribution in [0.3, 0.4) is 0 Å². The maximum atomic E-state index is 10.4. The summed E-state index contributed by atoms with van der Waals surface area (Å²) in [6, 6.07) is 0. The van der Waals surface area contributed by atoms with E-state index >= 15 is 0 Å². The van der Waals surface area contributed by atoms with Crippen LogP contribution in [0.2, 0.25) is 0 Å². The van der Waals surface area contributed by atoms with Gasteiger partial charge in [-0.15, -0.1) is 0 Å². The van der Waals surface area contributed by atoms with Gasteiger partial charge in [-0.1, -0.05) is 0 Å². The van der Waals surface area contributed by atoms with Crippen molar-refractivity contribution in [2.45, 2.75) is 6.92 Å². The molecule has 0 heterocycles. The van der Waals surface area contributed by atoms with E-state index in [1.54, 1.807) is 0 Å². The molecule has 0 aliphatic heterocycles. The predicted molar refractivity (Wildman–Crippen MR) is 38.1 cm³/mol. The monoisotopic (exact) mass is 158 g/mol. The smallest absolute Gasteiger partial charge is 0.324 e. The number of primary amides is 1. The molecule has 0 saturated heterocycles. The molecule has 11 heavy (non-hydrogen) atoms. The van der Waals surface area contributed by atoms with Gasteiger partial charge in [0.1, 0.15) is 6.26 Å². The van der Waals surface area contributed by atoms with Crippen LogP contribution in [0.15, 0.2) is 11.8 Å². The number of hydrogen-bond donors (Lipinski definition) is 2. The molecule has 0 spiro atoms. The number of nitrogens with two attached hydrogens (primary N) is 2. The van der Waals surface area contributed by atoms with Crippen LogP contribution in [0.1, 0.15) is 6.92 Å². The molecule has 0 fully saturated rings. The van der Waals surface area contributed by atoms with E-state index in [2.05, 4.69) is 4.74 Å². The van der Waals surface area contributed by atoms with E-state index in [0.29, 0.717) is 0 Å². The second-order valence-electron chi connectivity index (χ2n) is 1.86. The van der Waals surface area contributed by atoms with Crippen molar-refractivity contribution >= 4 is 11.9 Å². The molecular formula is C6H10N2O3. The number of carbonyl (C=O) groups is 2. The molecule has 0 atom stereocenters. The number of esters is 1. The van der Waals surface area contributed by atoms with Crippen LogP contribution < -0.4 is 11.5 Å². The number of hydrogen-bond acceptors (Lipinski definition) is 4. The third-order valence-corrected chi connectivity index (χ3v) is 0.922. The summed E-state index contributed by atoms with van der Waals surface area (Å²) in [7, 11) is 0. The van der Waals surface area contributed by atoms with Gasteiger partial charge in [-0.3, -0.25) is 9.59 Å². The predicted octanol–water partition coefficient (Wildman–Crippen LogP) is -1.12. The highest BCUT2D eigenvalue weighted by molar-refractivity contribution is 5.91. The molecule has 0 aromatic heterocycles. The molecular weight excluding hydrogens is 148 g/mol. The zero-order valence-corrected chi connectivity index (χ0v) is 6.16. The van der Waals surface area contributed by atoms with E-state index < -0.39 is 11.9 Å². The van der Waals surface area contributed by atoms with E-state index in [9.17, 15) is 9.59 Å². The summed E-state index contributed by atoms with van der Waals surface area (Å²) in [5.41, 5.74) is 9.92. The van der Waals surface area contributed by atoms with Gasteiger partial charge in [0.2, 0.25) is 5.91 Å². The fourth-order valence-electron chi connectivity index (χ4n) is 0.260. The van der Waals surface area contributed by atoms with Crippen molar-refractivity contribution in [3.8, 4) is 0 Å². The first-order chi connectivity index (χ1) is 5.07. The average Bonchev–Trinajstić information content (AvgIpc) is 1.99. The first-order valence-corrected chi connectivity index (χ1v) is 2.94. The maximum Gasteiger partial charge on any atom is 0.324 e. The van der Waals surface area contributed by atoms with Crippen molar-refractivity contribution in [2.24, 2.45) is 11.5 Å². The number of carbonyl (C=O) groups excluding carboxylic acids is 2. The van der Waals surface area contributed by atoms with Crippen LogP contribution in [-0.2, 0) is 14.3 Å². The molecule has 62 valence electrons. The Morgan fingerprint density at radius 2 is 2.09 bits per heavy atom. The van der Waals surface area contributed by atoms with Crippen molar-refractivity contribution in [2.75, 3.05) is 6.54 Å². The van der Waals surface area contributed by atoms with Gasteiger partial charge < -0.3 is 16.2 Å². The van der Waals surface area contributed by atoms with Crippen LogP contribution in [0.5, 0.6) is 0 Å². The van der Waals surface area contributed by atoms with E-state index in [1.807, 2.05) is 0 Å². The fraction of sp³-hybridized carbons (Fsp3) is 0.333. The summed E-state index contributed by atoms with van der Waals surface area (Å²) < 4.78 is 4.39. The normalized spacial score (nSPS) is 10.9. The first-order valence-electron chi connectivity index (χ1n) is 2.94. The largest absolute Gasteiger partial charge is 0.433 e. The van der Waals surface area contributed by atoms with Gasteiger partial charge in [-0.25, -0.2) is 0 Å². The molecule has 0 aromatic rings. The minimum absolute atomic E-state index is 0.173. The van der Waals surface area contributed by atoms with Gasteiger partial charge in [-0.05, 0) is 6.92 Å². The molecule has 0 saturated carbocycles. The second kappa shape index (κ2) is 4.45. The third-order valence-electron chi connectivity index (χ3n) is 0.922. The summed E-state index contributed by atoms with van der Waals surface area (Å²) >= 11 is 0. The SMILES string of the molecule is C/C(=C\OC(=O)CN)C(N)=O. The molecule has 0 rings (SSSR count). The lowest BCUT2D eigenvalue weighted by molar-refractivity contribution is -0.136. The number of ether oxygens (including phenoxy) is 1. The molecule has 4 N–H and O–H groups in total. The van der Waals surface area contributed by atoms with Crippen LogP contribution in [0.25, 0.3) is 0 Å². The second-order valence-corrected chi connectivity index (χ2v) is 1.86. The van der Waals surface area contributed by atoms with Crippen molar-refractivity contribution in [3.63, 3.8) is 0 Å². The van der Waals surface area contributed by atoms with Crippen molar-refractivity contribution in [1.82, 2.24) is 0 Å². The van der Waals surface area contributed by atoms with Gasteiger partial charge >= 0.3 is 5.97 Å². The Morgan fingerprint density at radius 3 is 2.45 bits per heavy atom. The van der Waals surface area contributed by atoms with Gasteiger partial charge in [0.05, 0.1) is 6.54 Å². The minimum Gasteiger partial charge on any atom is -0.433 e. The van der Waals surface area contributed by atoms with Crippen molar-refractivity contribution < 1.29 is 14.3 Å². The fourth-order valence-corrected chi connectivity index (χ4v) is 0.260. The first kappa shape index (κ1) is 9.64. The number of amides is 1. The zero-order chi connectivity index (χ0) is 8.85. The van der Waals surface area contributed by atoms with Crippen molar-refractivity contribution in [1.29, 1.82) is 0 Å². The Morgan fingerprint density at radius 1 is 1.55 bits per heavy atom. The number of rotatable bonds is 3. The summed E-state index contributed by atoms with van der Waals surface area (Å²) in [5, 5.41) is 0. The van der Waals surface area contributed by atoms with Gasteiger partial charge in [0.15, 0.2) is 0 Å². The lowest BCUT2D eigenvalue weighted by Crippen LogP contribution is -2.16. The topological polar surface area (TPSA) is 95.4 Å². The molecule has 0 aromatic carbocycles. The molecule has 0 aliphatic carbocycles. The van der Waals surface area contributed by atoms with E-state index in [-0.39, 0.29) is 12.1 Å². The third kappa shape index (κ3) is 4.10. The molecule has 0 unspecified atom stereocenters. The Labute approximate surface area is 64.0 Å². The van der Waals surface area contributed by atoms with Crippen LogP contribution in [-0.4, -0.2) is 18.4 Å². The maximum absolute atomic E-state index is 10.4. The average molecular weight is 158 g/mol. The Kier molecular flexibility index (Phi) is 3.90. The van der Waals surface area contributed by atoms with Crippen molar-refractivity contribution in [3.05, 3.63) is 11.8 Å². The molecule has 0 bridgehead atoms. The summed E-state index contributed by atoms with van der Waals surface area (Å²) in [4.78, 5) is 20.7. The quantitative estimate of drug-likeness (QED) is 0.309. The standard InChI is InChI=1S/C6H10N2O3/c1-4(6(8)10)3-11-5(9)2-7/h3H,2,7H2,1H3,(H2,8,10)/b4-3+. The van der Waals surface area contributed by atoms with Crippen LogP contribution in [0, 0.1) is 0 Å². The minimum atomic E-state index is -0.630. The van der Waals surface area contributed by atoms with Crippen LogP contribution in [0.4, 0.5) is 0 Å². The molecule has 5 nitrogen and oxygen atoms in total. The molecule has 5 heteroatoms. The highest BCUT2D eigenvalue weighted by Gasteiger charge is 1.99. The van der Waals surface area contributed by atoms with Gasteiger partial charge in [0, 0.05) is 5.57 Å².